The van der Waals surface area contributed by atoms with Gasteiger partial charge in [-0.3, -0.25) is 9.59 Å². The normalized spacial score (nSPS) is 10.3. The van der Waals surface area contributed by atoms with Gasteiger partial charge in [-0.05, 0) is 42.0 Å². The summed E-state index contributed by atoms with van der Waals surface area (Å²) in [5.41, 5.74) is 2.87. The summed E-state index contributed by atoms with van der Waals surface area (Å²) in [6.07, 6.45) is 1.78. The Morgan fingerprint density at radius 1 is 0.909 bits per heavy atom. The van der Waals surface area contributed by atoms with E-state index >= 15 is 0 Å². The smallest absolute Gasteiger partial charge is 0.265 e. The van der Waals surface area contributed by atoms with Crippen LogP contribution in [0.1, 0.15) is 23.0 Å². The van der Waals surface area contributed by atoms with E-state index in [-0.39, 0.29) is 11.4 Å². The summed E-state index contributed by atoms with van der Waals surface area (Å²) in [5, 5.41) is 10.2. The lowest BCUT2D eigenvalue weighted by Crippen LogP contribution is -2.36. The number of rotatable bonds is 5. The van der Waals surface area contributed by atoms with Crippen molar-refractivity contribution in [3.63, 3.8) is 0 Å². The minimum Gasteiger partial charge on any atom is -0.497 e. The second-order valence-electron chi connectivity index (χ2n) is 7.31. The molecule has 1 aromatic heterocycles. The van der Waals surface area contributed by atoms with Crippen molar-refractivity contribution in [1.29, 1.82) is 5.26 Å². The monoisotopic (exact) mass is 435 g/mol. The Balaban J connectivity index is 1.98. The van der Waals surface area contributed by atoms with E-state index in [4.69, 9.17) is 4.74 Å². The highest BCUT2D eigenvalue weighted by Crippen LogP contribution is 2.38. The number of hydrogen-bond acceptors (Lipinski definition) is 4. The molecular weight excluding hydrogens is 414 g/mol. The molecule has 0 spiro atoms. The summed E-state index contributed by atoms with van der Waals surface area (Å²) in [5.74, 6) is -0.299. The van der Waals surface area contributed by atoms with Crippen molar-refractivity contribution in [3.05, 3.63) is 102 Å². The van der Waals surface area contributed by atoms with E-state index in [0.717, 1.165) is 10.5 Å². The van der Waals surface area contributed by atoms with E-state index in [1.54, 1.807) is 60.3 Å². The van der Waals surface area contributed by atoms with Crippen LogP contribution in [0.25, 0.3) is 16.8 Å². The van der Waals surface area contributed by atoms with E-state index in [2.05, 4.69) is 6.07 Å². The van der Waals surface area contributed by atoms with Crippen LogP contribution in [0.15, 0.2) is 91.1 Å². The minimum atomic E-state index is -0.496. The third-order valence-corrected chi connectivity index (χ3v) is 5.28. The molecule has 0 N–H and O–H groups in total. The summed E-state index contributed by atoms with van der Waals surface area (Å²) < 4.78 is 6.92. The van der Waals surface area contributed by atoms with E-state index < -0.39 is 11.8 Å². The Morgan fingerprint density at radius 2 is 1.52 bits per heavy atom. The van der Waals surface area contributed by atoms with Crippen molar-refractivity contribution in [1.82, 2.24) is 4.57 Å². The molecule has 0 saturated heterocycles. The van der Waals surface area contributed by atoms with Gasteiger partial charge in [0.15, 0.2) is 0 Å². The van der Waals surface area contributed by atoms with Crippen LogP contribution < -0.4 is 9.64 Å². The number of aromatic nitrogens is 1. The zero-order valence-corrected chi connectivity index (χ0v) is 18.2. The van der Waals surface area contributed by atoms with Gasteiger partial charge in [0.1, 0.15) is 17.5 Å². The molecule has 0 atom stereocenters. The molecule has 2 amide bonds. The first-order valence-electron chi connectivity index (χ1n) is 10.3. The van der Waals surface area contributed by atoms with E-state index in [1.165, 1.54) is 6.92 Å². The Hall–Kier alpha value is -4.63. The first-order valence-corrected chi connectivity index (χ1v) is 10.3. The fourth-order valence-corrected chi connectivity index (χ4v) is 3.72. The molecule has 4 rings (SSSR count). The first-order chi connectivity index (χ1) is 16.0. The van der Waals surface area contributed by atoms with E-state index in [1.807, 2.05) is 42.5 Å². The highest BCUT2D eigenvalue weighted by atomic mass is 16.5. The number of nitriles is 1. The van der Waals surface area contributed by atoms with Crippen LogP contribution in [-0.2, 0) is 4.79 Å². The number of methoxy groups -OCH3 is 1. The van der Waals surface area contributed by atoms with Crippen LogP contribution in [0.5, 0.6) is 5.75 Å². The van der Waals surface area contributed by atoms with Crippen molar-refractivity contribution in [2.75, 3.05) is 12.0 Å². The molecule has 0 bridgehead atoms. The lowest BCUT2D eigenvalue weighted by molar-refractivity contribution is -0.115. The van der Waals surface area contributed by atoms with Crippen molar-refractivity contribution >= 4 is 17.5 Å². The fourth-order valence-electron chi connectivity index (χ4n) is 3.72. The van der Waals surface area contributed by atoms with Crippen LogP contribution in [0.4, 0.5) is 5.69 Å². The Kier molecular flexibility index (Phi) is 6.05. The summed E-state index contributed by atoms with van der Waals surface area (Å²) in [7, 11) is 1.58. The molecule has 0 saturated carbocycles. The maximum Gasteiger partial charge on any atom is 0.265 e. The third-order valence-electron chi connectivity index (χ3n) is 5.28. The Bertz CT molecular complexity index is 1340. The summed E-state index contributed by atoms with van der Waals surface area (Å²) in [6, 6.07) is 27.3. The number of carbonyl (C=O) groups is 2. The fraction of sp³-hybridized carbons (Fsp3) is 0.0741. The predicted molar refractivity (Wildman–Crippen MR) is 126 cm³/mol. The van der Waals surface area contributed by atoms with Gasteiger partial charge in [-0.15, -0.1) is 0 Å². The topological polar surface area (TPSA) is 75.3 Å². The van der Waals surface area contributed by atoms with Crippen LogP contribution in [0.2, 0.25) is 0 Å². The molecule has 4 aromatic rings. The van der Waals surface area contributed by atoms with Crippen molar-refractivity contribution in [3.8, 4) is 28.6 Å². The van der Waals surface area contributed by atoms with Crippen LogP contribution in [-0.4, -0.2) is 23.5 Å². The molecule has 6 nitrogen and oxygen atoms in total. The van der Waals surface area contributed by atoms with Gasteiger partial charge in [0, 0.05) is 29.9 Å². The average molecular weight is 435 g/mol. The largest absolute Gasteiger partial charge is 0.497 e. The van der Waals surface area contributed by atoms with Crippen molar-refractivity contribution in [2.24, 2.45) is 0 Å². The summed E-state index contributed by atoms with van der Waals surface area (Å²) in [4.78, 5) is 27.3. The number of hydrogen-bond donors (Lipinski definition) is 0. The number of amides is 2. The van der Waals surface area contributed by atoms with Gasteiger partial charge < -0.3 is 9.30 Å². The van der Waals surface area contributed by atoms with Crippen LogP contribution in [0, 0.1) is 11.3 Å². The second-order valence-corrected chi connectivity index (χ2v) is 7.31. The number of ether oxygens (including phenoxy) is 1. The standard InChI is InChI=1S/C27H21N3O3/c1-19(31)30(27(32)21-11-7-4-8-12-21)26-24(20-9-5-3-6-10-20)18-29(25(26)17-28)22-13-15-23(33-2)16-14-22/h3-16,18H,1-2H3. The van der Waals surface area contributed by atoms with E-state index in [0.29, 0.717) is 22.6 Å². The van der Waals surface area contributed by atoms with Gasteiger partial charge >= 0.3 is 0 Å². The van der Waals surface area contributed by atoms with Crippen molar-refractivity contribution in [2.45, 2.75) is 6.92 Å². The minimum absolute atomic E-state index is 0.179. The molecule has 0 aliphatic carbocycles. The van der Waals surface area contributed by atoms with Gasteiger partial charge in [0.2, 0.25) is 5.91 Å². The number of anilines is 1. The number of nitrogens with zero attached hydrogens (tertiary/aromatic N) is 3. The highest BCUT2D eigenvalue weighted by molar-refractivity contribution is 6.22. The average Bonchev–Trinajstić information content (AvgIpc) is 3.24. The van der Waals surface area contributed by atoms with E-state index in [9.17, 15) is 14.9 Å². The first kappa shape index (κ1) is 21.6. The molecule has 0 aliphatic heterocycles. The molecule has 0 fully saturated rings. The summed E-state index contributed by atoms with van der Waals surface area (Å²) in [6.45, 7) is 1.32. The zero-order chi connectivity index (χ0) is 23.4. The maximum absolute atomic E-state index is 13.4. The molecule has 0 aliphatic rings. The highest BCUT2D eigenvalue weighted by Gasteiger charge is 2.30. The van der Waals surface area contributed by atoms with Gasteiger partial charge in [0.25, 0.3) is 5.91 Å². The van der Waals surface area contributed by atoms with Gasteiger partial charge in [-0.2, -0.15) is 5.26 Å². The Labute approximate surface area is 191 Å². The zero-order valence-electron chi connectivity index (χ0n) is 18.2. The molecule has 0 radical (unpaired) electrons. The molecule has 3 aromatic carbocycles. The molecule has 6 heteroatoms. The summed E-state index contributed by atoms with van der Waals surface area (Å²) >= 11 is 0. The molecule has 33 heavy (non-hydrogen) atoms. The molecule has 0 unspecified atom stereocenters. The number of imide groups is 1. The van der Waals surface area contributed by atoms with Gasteiger partial charge in [-0.1, -0.05) is 48.5 Å². The van der Waals surface area contributed by atoms with Gasteiger partial charge in [0.05, 0.1) is 12.8 Å². The third kappa shape index (κ3) is 4.12. The van der Waals surface area contributed by atoms with Crippen LogP contribution in [0.3, 0.4) is 0 Å². The second kappa shape index (κ2) is 9.25. The maximum atomic E-state index is 13.4. The molecular formula is C27H21N3O3. The Morgan fingerprint density at radius 3 is 2.06 bits per heavy atom. The predicted octanol–water partition coefficient (Wildman–Crippen LogP) is 5.22. The molecule has 1 heterocycles. The van der Waals surface area contributed by atoms with Gasteiger partial charge in [-0.25, -0.2) is 4.90 Å². The number of benzene rings is 3. The lowest BCUT2D eigenvalue weighted by Gasteiger charge is -2.21. The molecule has 162 valence electrons. The SMILES string of the molecule is COc1ccc(-n2cc(-c3ccccc3)c(N(C(C)=O)C(=O)c3ccccc3)c2C#N)cc1. The lowest BCUT2D eigenvalue weighted by atomic mass is 10.1. The van der Waals surface area contributed by atoms with Crippen LogP contribution >= 0.6 is 0 Å². The van der Waals surface area contributed by atoms with Crippen molar-refractivity contribution < 1.29 is 14.3 Å². The number of carbonyl (C=O) groups excluding carboxylic acids is 2. The quantitative estimate of drug-likeness (QED) is 0.431.